The number of nitrogens with one attached hydrogen (secondary N) is 1. The van der Waals surface area contributed by atoms with Gasteiger partial charge in [-0.3, -0.25) is 4.79 Å². The van der Waals surface area contributed by atoms with Crippen molar-refractivity contribution in [3.63, 3.8) is 0 Å². The summed E-state index contributed by atoms with van der Waals surface area (Å²) < 4.78 is 0. The van der Waals surface area contributed by atoms with Crippen molar-refractivity contribution in [2.75, 3.05) is 6.54 Å². The van der Waals surface area contributed by atoms with Crippen LogP contribution in [0.5, 0.6) is 0 Å². The molecule has 1 amide bonds. The van der Waals surface area contributed by atoms with Crippen LogP contribution in [-0.4, -0.2) is 17.4 Å². The maximum absolute atomic E-state index is 11.6. The fourth-order valence-electron chi connectivity index (χ4n) is 1.62. The zero-order chi connectivity index (χ0) is 11.4. The van der Waals surface area contributed by atoms with E-state index in [9.17, 15) is 4.79 Å². The lowest BCUT2D eigenvalue weighted by Crippen LogP contribution is -2.25. The highest BCUT2D eigenvalue weighted by atomic mass is 35.5. The van der Waals surface area contributed by atoms with Crippen molar-refractivity contribution in [3.8, 4) is 0 Å². The Hall–Kier alpha value is -1.09. The van der Waals surface area contributed by atoms with Crippen molar-refractivity contribution in [2.24, 2.45) is 5.92 Å². The van der Waals surface area contributed by atoms with E-state index in [1.807, 2.05) is 0 Å². The van der Waals surface area contributed by atoms with E-state index in [1.165, 1.54) is 19.3 Å². The lowest BCUT2D eigenvalue weighted by molar-refractivity contribution is 0.0948. The van der Waals surface area contributed by atoms with Crippen LogP contribution >= 0.6 is 11.6 Å². The summed E-state index contributed by atoms with van der Waals surface area (Å²) in [7, 11) is 0. The summed E-state index contributed by atoms with van der Waals surface area (Å²) >= 11 is 5.71. The van der Waals surface area contributed by atoms with Gasteiger partial charge in [0, 0.05) is 6.54 Å². The monoisotopic (exact) mass is 238 g/mol. The average Bonchev–Trinajstić information content (AvgIpc) is 3.08. The van der Waals surface area contributed by atoms with Crippen molar-refractivity contribution in [2.45, 2.75) is 25.7 Å². The van der Waals surface area contributed by atoms with Gasteiger partial charge in [0.1, 0.15) is 10.8 Å². The largest absolute Gasteiger partial charge is 0.351 e. The molecule has 2 rings (SSSR count). The van der Waals surface area contributed by atoms with Gasteiger partial charge in [0.2, 0.25) is 0 Å². The molecular weight excluding hydrogens is 224 g/mol. The number of pyridine rings is 1. The molecule has 0 atom stereocenters. The molecule has 1 N–H and O–H groups in total. The number of amides is 1. The second-order valence-corrected chi connectivity index (χ2v) is 4.57. The quantitative estimate of drug-likeness (QED) is 0.633. The van der Waals surface area contributed by atoms with Crippen LogP contribution < -0.4 is 5.32 Å². The van der Waals surface area contributed by atoms with Crippen LogP contribution in [0.1, 0.15) is 36.2 Å². The summed E-state index contributed by atoms with van der Waals surface area (Å²) in [6.07, 6.45) is 5.01. The van der Waals surface area contributed by atoms with Gasteiger partial charge in [-0.15, -0.1) is 0 Å². The molecule has 86 valence electrons. The lowest BCUT2D eigenvalue weighted by atomic mass is 10.2. The molecule has 16 heavy (non-hydrogen) atoms. The predicted molar refractivity (Wildman–Crippen MR) is 63.5 cm³/mol. The molecule has 1 aromatic heterocycles. The molecule has 1 aromatic rings. The van der Waals surface area contributed by atoms with Gasteiger partial charge in [0.25, 0.3) is 5.91 Å². The van der Waals surface area contributed by atoms with Crippen molar-refractivity contribution in [3.05, 3.63) is 29.0 Å². The molecule has 0 spiro atoms. The molecule has 4 heteroatoms. The first-order valence-corrected chi connectivity index (χ1v) is 6.04. The molecule has 1 aliphatic rings. The third-order valence-electron chi connectivity index (χ3n) is 2.72. The number of carbonyl (C=O) groups excluding carboxylic acids is 1. The minimum absolute atomic E-state index is 0.140. The van der Waals surface area contributed by atoms with E-state index in [0.29, 0.717) is 10.8 Å². The number of rotatable bonds is 5. The Kier molecular flexibility index (Phi) is 3.78. The Bertz CT molecular complexity index is 377. The first-order chi connectivity index (χ1) is 7.75. The van der Waals surface area contributed by atoms with Crippen LogP contribution in [0.3, 0.4) is 0 Å². The number of nitrogens with zero attached hydrogens (tertiary/aromatic N) is 1. The Balaban J connectivity index is 1.73. The van der Waals surface area contributed by atoms with Crippen LogP contribution in [-0.2, 0) is 0 Å². The van der Waals surface area contributed by atoms with E-state index < -0.39 is 0 Å². The SMILES string of the molecule is O=C(NCCCC1CC1)c1cccc(Cl)n1. The van der Waals surface area contributed by atoms with E-state index in [1.54, 1.807) is 18.2 Å². The van der Waals surface area contributed by atoms with Gasteiger partial charge < -0.3 is 5.32 Å². The number of halogens is 1. The highest BCUT2D eigenvalue weighted by Gasteiger charge is 2.20. The van der Waals surface area contributed by atoms with Gasteiger partial charge in [-0.25, -0.2) is 4.98 Å². The molecule has 3 nitrogen and oxygen atoms in total. The first-order valence-electron chi connectivity index (χ1n) is 5.66. The zero-order valence-electron chi connectivity index (χ0n) is 9.08. The summed E-state index contributed by atoms with van der Waals surface area (Å²) in [5.74, 6) is 0.777. The van der Waals surface area contributed by atoms with Gasteiger partial charge in [-0.05, 0) is 30.9 Å². The summed E-state index contributed by atoms with van der Waals surface area (Å²) in [6, 6.07) is 5.06. The molecule has 0 saturated heterocycles. The molecule has 0 unspecified atom stereocenters. The number of aromatic nitrogens is 1. The third-order valence-corrected chi connectivity index (χ3v) is 2.93. The molecule has 0 aliphatic heterocycles. The summed E-state index contributed by atoms with van der Waals surface area (Å²) in [6.45, 7) is 0.726. The maximum Gasteiger partial charge on any atom is 0.269 e. The van der Waals surface area contributed by atoms with Crippen molar-refractivity contribution < 1.29 is 4.79 Å². The van der Waals surface area contributed by atoms with Crippen LogP contribution in [0.15, 0.2) is 18.2 Å². The number of carbonyl (C=O) groups is 1. The molecule has 1 aliphatic carbocycles. The molecular formula is C12H15ClN2O. The van der Waals surface area contributed by atoms with E-state index in [0.717, 1.165) is 18.9 Å². The van der Waals surface area contributed by atoms with Gasteiger partial charge in [0.15, 0.2) is 0 Å². The minimum Gasteiger partial charge on any atom is -0.351 e. The maximum atomic E-state index is 11.6. The van der Waals surface area contributed by atoms with Crippen LogP contribution in [0.4, 0.5) is 0 Å². The average molecular weight is 239 g/mol. The van der Waals surface area contributed by atoms with Gasteiger partial charge >= 0.3 is 0 Å². The van der Waals surface area contributed by atoms with Crippen LogP contribution in [0.2, 0.25) is 5.15 Å². The smallest absolute Gasteiger partial charge is 0.269 e. The second kappa shape index (κ2) is 5.30. The molecule has 1 fully saturated rings. The van der Waals surface area contributed by atoms with E-state index in [4.69, 9.17) is 11.6 Å². The van der Waals surface area contributed by atoms with Crippen molar-refractivity contribution in [1.29, 1.82) is 0 Å². The molecule has 1 heterocycles. The summed E-state index contributed by atoms with van der Waals surface area (Å²) in [5, 5.41) is 3.20. The topological polar surface area (TPSA) is 42.0 Å². The Morgan fingerprint density at radius 3 is 3.00 bits per heavy atom. The summed E-state index contributed by atoms with van der Waals surface area (Å²) in [4.78, 5) is 15.6. The van der Waals surface area contributed by atoms with Crippen LogP contribution in [0.25, 0.3) is 0 Å². The minimum atomic E-state index is -0.140. The first kappa shape index (κ1) is 11.4. The number of hydrogen-bond acceptors (Lipinski definition) is 2. The Labute approximate surface area is 100 Å². The fourth-order valence-corrected chi connectivity index (χ4v) is 1.79. The highest BCUT2D eigenvalue weighted by molar-refractivity contribution is 6.29. The molecule has 0 radical (unpaired) electrons. The van der Waals surface area contributed by atoms with E-state index >= 15 is 0 Å². The van der Waals surface area contributed by atoms with E-state index in [-0.39, 0.29) is 5.91 Å². The van der Waals surface area contributed by atoms with Gasteiger partial charge in [0.05, 0.1) is 0 Å². The molecule has 1 saturated carbocycles. The molecule has 0 bridgehead atoms. The third kappa shape index (κ3) is 3.49. The van der Waals surface area contributed by atoms with Crippen molar-refractivity contribution >= 4 is 17.5 Å². The van der Waals surface area contributed by atoms with Crippen LogP contribution in [0, 0.1) is 5.92 Å². The fraction of sp³-hybridized carbons (Fsp3) is 0.500. The zero-order valence-corrected chi connectivity index (χ0v) is 9.83. The lowest BCUT2D eigenvalue weighted by Gasteiger charge is -2.04. The Morgan fingerprint density at radius 2 is 2.31 bits per heavy atom. The van der Waals surface area contributed by atoms with Gasteiger partial charge in [-0.2, -0.15) is 0 Å². The Morgan fingerprint density at radius 1 is 1.50 bits per heavy atom. The van der Waals surface area contributed by atoms with Gasteiger partial charge in [-0.1, -0.05) is 30.5 Å². The number of hydrogen-bond donors (Lipinski definition) is 1. The normalized spacial score (nSPS) is 14.8. The second-order valence-electron chi connectivity index (χ2n) is 4.19. The summed E-state index contributed by atoms with van der Waals surface area (Å²) in [5.41, 5.74) is 0.388. The molecule has 0 aromatic carbocycles. The van der Waals surface area contributed by atoms with Crippen molar-refractivity contribution in [1.82, 2.24) is 10.3 Å². The standard InChI is InChI=1S/C12H15ClN2O/c13-11-5-1-4-10(15-11)12(16)14-8-2-3-9-6-7-9/h1,4-5,9H,2-3,6-8H2,(H,14,16). The van der Waals surface area contributed by atoms with E-state index in [2.05, 4.69) is 10.3 Å². The predicted octanol–water partition coefficient (Wildman–Crippen LogP) is 2.66. The highest BCUT2D eigenvalue weighted by Crippen LogP contribution is 2.33.